The molecular formula is C28H40N2O4. The molecule has 1 atom stereocenters. The van der Waals surface area contributed by atoms with E-state index in [1.54, 1.807) is 0 Å². The highest BCUT2D eigenvalue weighted by atomic mass is 16.5. The maximum absolute atomic E-state index is 11.4. The maximum atomic E-state index is 11.4. The number of nitrogens with zero attached hydrogens (tertiary/aromatic N) is 2. The highest BCUT2D eigenvalue weighted by Gasteiger charge is 2.39. The first kappa shape index (κ1) is 25.0. The van der Waals surface area contributed by atoms with Gasteiger partial charge in [-0.05, 0) is 81.0 Å². The van der Waals surface area contributed by atoms with Gasteiger partial charge in [-0.2, -0.15) is 0 Å². The largest absolute Gasteiger partial charge is 0.490 e. The fraction of sp³-hybridized carbons (Fsp3) is 0.571. The molecule has 2 aliphatic heterocycles. The van der Waals surface area contributed by atoms with Crippen LogP contribution >= 0.6 is 0 Å². The molecule has 186 valence electrons. The average Bonchev–Trinajstić information content (AvgIpc) is 2.96. The zero-order valence-corrected chi connectivity index (χ0v) is 21.1. The predicted molar refractivity (Wildman–Crippen MR) is 136 cm³/mol. The van der Waals surface area contributed by atoms with Crippen LogP contribution in [0.25, 0.3) is 0 Å². The number of benzene rings is 2. The highest BCUT2D eigenvalue weighted by Crippen LogP contribution is 2.29. The molecular weight excluding hydrogens is 428 g/mol. The summed E-state index contributed by atoms with van der Waals surface area (Å²) in [4.78, 5) is 4.50. The number of piperidine rings is 1. The third-order valence-electron chi connectivity index (χ3n) is 7.28. The van der Waals surface area contributed by atoms with Crippen molar-refractivity contribution in [3.05, 3.63) is 58.7 Å². The first-order valence-corrected chi connectivity index (χ1v) is 12.4. The number of anilines is 1. The Morgan fingerprint density at radius 1 is 0.941 bits per heavy atom. The minimum Gasteiger partial charge on any atom is -0.490 e. The molecule has 6 nitrogen and oxygen atoms in total. The van der Waals surface area contributed by atoms with Crippen molar-refractivity contribution in [2.24, 2.45) is 0 Å². The van der Waals surface area contributed by atoms with E-state index in [-0.39, 0.29) is 13.2 Å². The predicted octanol–water partition coefficient (Wildman–Crippen LogP) is 3.39. The fourth-order valence-electron chi connectivity index (χ4n) is 5.16. The molecule has 0 bridgehead atoms. The zero-order chi connectivity index (χ0) is 24.3. The van der Waals surface area contributed by atoms with E-state index in [1.165, 1.54) is 16.8 Å². The molecule has 2 aliphatic rings. The van der Waals surface area contributed by atoms with Gasteiger partial charge >= 0.3 is 0 Å². The molecule has 2 aromatic rings. The summed E-state index contributed by atoms with van der Waals surface area (Å²) < 4.78 is 11.9. The molecule has 2 aromatic carbocycles. The summed E-state index contributed by atoms with van der Waals surface area (Å²) >= 11 is 0. The van der Waals surface area contributed by atoms with Crippen molar-refractivity contribution in [3.63, 3.8) is 0 Å². The van der Waals surface area contributed by atoms with E-state index >= 15 is 0 Å². The molecule has 2 heterocycles. The molecule has 0 saturated carbocycles. The lowest BCUT2D eigenvalue weighted by molar-refractivity contribution is -0.0743. The van der Waals surface area contributed by atoms with Gasteiger partial charge in [-0.1, -0.05) is 18.2 Å². The van der Waals surface area contributed by atoms with E-state index in [2.05, 4.69) is 60.9 Å². The molecule has 0 radical (unpaired) electrons. The van der Waals surface area contributed by atoms with Crippen LogP contribution in [0, 0.1) is 27.7 Å². The molecule has 1 unspecified atom stereocenters. The molecule has 0 spiro atoms. The Balaban J connectivity index is 1.36. The zero-order valence-electron chi connectivity index (χ0n) is 21.1. The molecule has 2 saturated heterocycles. The lowest BCUT2D eigenvalue weighted by Crippen LogP contribution is -2.55. The number of rotatable bonds is 6. The second-order valence-corrected chi connectivity index (χ2v) is 10.5. The van der Waals surface area contributed by atoms with Gasteiger partial charge in [-0.15, -0.1) is 0 Å². The Morgan fingerprint density at radius 3 is 2.44 bits per heavy atom. The van der Waals surface area contributed by atoms with E-state index in [1.807, 2.05) is 13.0 Å². The van der Waals surface area contributed by atoms with Gasteiger partial charge in [0.15, 0.2) is 0 Å². The summed E-state index contributed by atoms with van der Waals surface area (Å²) in [5, 5.41) is 22.7. The first-order chi connectivity index (χ1) is 16.1. The van der Waals surface area contributed by atoms with E-state index in [9.17, 15) is 10.2 Å². The summed E-state index contributed by atoms with van der Waals surface area (Å²) in [6.07, 6.45) is 1.41. The van der Waals surface area contributed by atoms with Gasteiger partial charge in [0.25, 0.3) is 0 Å². The standard InChI is InChI=1S/C28H40N2O4/c1-21-6-5-7-25(15-21)30-10-8-27(31,9-11-30)17-29-12-13-33-19-28(32,18-29)20-34-26-16-22(2)14-23(3)24(26)4/h5-7,14-16,31-32H,8-13,17-20H2,1-4H3. The molecule has 6 heteroatoms. The van der Waals surface area contributed by atoms with Gasteiger partial charge in [0.2, 0.25) is 0 Å². The van der Waals surface area contributed by atoms with Gasteiger partial charge in [-0.25, -0.2) is 0 Å². The van der Waals surface area contributed by atoms with Crippen molar-refractivity contribution in [1.82, 2.24) is 4.90 Å². The minimum atomic E-state index is -1.13. The molecule has 4 rings (SSSR count). The highest BCUT2D eigenvalue weighted by molar-refractivity contribution is 5.49. The molecule has 2 fully saturated rings. The van der Waals surface area contributed by atoms with Crippen LogP contribution in [0.1, 0.15) is 35.1 Å². The SMILES string of the molecule is Cc1cccc(N2CCC(O)(CN3CCOCC(O)(COc4cc(C)cc(C)c4C)C3)CC2)c1. The van der Waals surface area contributed by atoms with Crippen molar-refractivity contribution in [1.29, 1.82) is 0 Å². The monoisotopic (exact) mass is 468 g/mol. The molecule has 0 aromatic heterocycles. The van der Waals surface area contributed by atoms with E-state index in [0.717, 1.165) is 30.0 Å². The normalized spacial score (nSPS) is 23.5. The van der Waals surface area contributed by atoms with Crippen LogP contribution in [0.15, 0.2) is 36.4 Å². The van der Waals surface area contributed by atoms with Crippen molar-refractivity contribution in [3.8, 4) is 5.75 Å². The molecule has 0 aliphatic carbocycles. The average molecular weight is 469 g/mol. The van der Waals surface area contributed by atoms with Crippen LogP contribution in [0.5, 0.6) is 5.75 Å². The van der Waals surface area contributed by atoms with Crippen LogP contribution in [0.3, 0.4) is 0 Å². The van der Waals surface area contributed by atoms with Gasteiger partial charge in [0.1, 0.15) is 18.0 Å². The number of hydrogen-bond acceptors (Lipinski definition) is 6. The van der Waals surface area contributed by atoms with Crippen molar-refractivity contribution in [2.45, 2.75) is 51.7 Å². The van der Waals surface area contributed by atoms with Crippen LogP contribution < -0.4 is 9.64 Å². The lowest BCUT2D eigenvalue weighted by atomic mass is 9.90. The molecule has 2 N–H and O–H groups in total. The summed E-state index contributed by atoms with van der Waals surface area (Å²) in [5.41, 5.74) is 3.99. The van der Waals surface area contributed by atoms with Crippen molar-refractivity contribution in [2.75, 3.05) is 57.4 Å². The van der Waals surface area contributed by atoms with Crippen LogP contribution in [0.4, 0.5) is 5.69 Å². The van der Waals surface area contributed by atoms with Gasteiger partial charge in [0, 0.05) is 38.4 Å². The topological polar surface area (TPSA) is 65.4 Å². The third-order valence-corrected chi connectivity index (χ3v) is 7.28. The van der Waals surface area contributed by atoms with E-state index in [0.29, 0.717) is 39.1 Å². The number of β-amino-alcohol motifs (C(OH)–C–C–N with tert-alkyl or cyclic N) is 2. The second kappa shape index (κ2) is 10.2. The Bertz CT molecular complexity index is 986. The van der Waals surface area contributed by atoms with Crippen LogP contribution in [-0.4, -0.2) is 78.9 Å². The summed E-state index contributed by atoms with van der Waals surface area (Å²) in [7, 11) is 0. The third kappa shape index (κ3) is 6.11. The Kier molecular flexibility index (Phi) is 7.53. The number of aryl methyl sites for hydroxylation is 3. The van der Waals surface area contributed by atoms with E-state index < -0.39 is 11.2 Å². The minimum absolute atomic E-state index is 0.160. The Labute approximate surface area is 204 Å². The number of aliphatic hydroxyl groups is 2. The number of hydrogen-bond donors (Lipinski definition) is 2. The van der Waals surface area contributed by atoms with E-state index in [4.69, 9.17) is 9.47 Å². The second-order valence-electron chi connectivity index (χ2n) is 10.5. The van der Waals surface area contributed by atoms with Crippen LogP contribution in [0.2, 0.25) is 0 Å². The quantitative estimate of drug-likeness (QED) is 0.678. The smallest absolute Gasteiger partial charge is 0.134 e. The summed E-state index contributed by atoms with van der Waals surface area (Å²) in [5.74, 6) is 0.809. The Morgan fingerprint density at radius 2 is 1.71 bits per heavy atom. The Hall–Kier alpha value is -2.12. The molecule has 0 amide bonds. The summed E-state index contributed by atoms with van der Waals surface area (Å²) in [6.45, 7) is 12.5. The van der Waals surface area contributed by atoms with Crippen LogP contribution in [-0.2, 0) is 4.74 Å². The van der Waals surface area contributed by atoms with Crippen molar-refractivity contribution >= 4 is 5.69 Å². The number of ether oxygens (including phenoxy) is 2. The summed E-state index contributed by atoms with van der Waals surface area (Å²) in [6, 6.07) is 12.7. The lowest BCUT2D eigenvalue weighted by Gasteiger charge is -2.42. The van der Waals surface area contributed by atoms with Gasteiger partial charge in [0.05, 0.1) is 18.8 Å². The van der Waals surface area contributed by atoms with Crippen molar-refractivity contribution < 1.29 is 19.7 Å². The fourth-order valence-corrected chi connectivity index (χ4v) is 5.16. The molecule has 34 heavy (non-hydrogen) atoms. The van der Waals surface area contributed by atoms with Gasteiger partial charge in [-0.3, -0.25) is 4.90 Å². The first-order valence-electron chi connectivity index (χ1n) is 12.4. The van der Waals surface area contributed by atoms with Gasteiger partial charge < -0.3 is 24.6 Å². The maximum Gasteiger partial charge on any atom is 0.134 e.